The summed E-state index contributed by atoms with van der Waals surface area (Å²) < 4.78 is 8.20. The lowest BCUT2D eigenvalue weighted by Crippen LogP contribution is -2.31. The van der Waals surface area contributed by atoms with Crippen LogP contribution in [0.25, 0.3) is 11.0 Å². The second kappa shape index (κ2) is 6.74. The highest BCUT2D eigenvalue weighted by Gasteiger charge is 2.27. The lowest BCUT2D eigenvalue weighted by molar-refractivity contribution is 0.300. The Bertz CT molecular complexity index is 1170. The predicted octanol–water partition coefficient (Wildman–Crippen LogP) is 3.90. The Labute approximate surface area is 162 Å². The molecule has 3 aromatic carbocycles. The van der Waals surface area contributed by atoms with Gasteiger partial charge in [-0.2, -0.15) is 0 Å². The van der Waals surface area contributed by atoms with Gasteiger partial charge in [-0.25, -0.2) is 9.98 Å². The Kier molecular flexibility index (Phi) is 3.94. The first kappa shape index (κ1) is 16.4. The van der Waals surface area contributed by atoms with E-state index in [9.17, 15) is 0 Å². The number of benzene rings is 3. The van der Waals surface area contributed by atoms with Crippen LogP contribution in [-0.4, -0.2) is 15.5 Å². The molecule has 2 heterocycles. The highest BCUT2D eigenvalue weighted by molar-refractivity contribution is 5.94. The first-order valence-corrected chi connectivity index (χ1v) is 9.12. The summed E-state index contributed by atoms with van der Waals surface area (Å²) in [6.45, 7) is 0.486. The van der Waals surface area contributed by atoms with Crippen LogP contribution in [-0.2, 0) is 6.61 Å². The smallest absolute Gasteiger partial charge is 0.212 e. The molecule has 1 unspecified atom stereocenters. The molecule has 0 radical (unpaired) electrons. The van der Waals surface area contributed by atoms with Crippen LogP contribution >= 0.6 is 0 Å². The largest absolute Gasteiger partial charge is 0.488 e. The number of aromatic nitrogens is 2. The van der Waals surface area contributed by atoms with Crippen molar-refractivity contribution in [2.45, 2.75) is 12.8 Å². The van der Waals surface area contributed by atoms with E-state index < -0.39 is 0 Å². The van der Waals surface area contributed by atoms with Gasteiger partial charge < -0.3 is 10.5 Å². The third-order valence-corrected chi connectivity index (χ3v) is 4.78. The van der Waals surface area contributed by atoms with Gasteiger partial charge in [0, 0.05) is 5.56 Å². The van der Waals surface area contributed by atoms with E-state index >= 15 is 0 Å². The van der Waals surface area contributed by atoms with Crippen LogP contribution in [0, 0.1) is 0 Å². The summed E-state index contributed by atoms with van der Waals surface area (Å²) in [6, 6.07) is 26.0. The molecule has 0 fully saturated rings. The lowest BCUT2D eigenvalue weighted by Gasteiger charge is -2.25. The van der Waals surface area contributed by atoms with Crippen molar-refractivity contribution in [3.8, 4) is 5.75 Å². The fourth-order valence-corrected chi connectivity index (χ4v) is 3.49. The molecule has 0 spiro atoms. The number of fused-ring (bicyclic) bond motifs is 3. The SMILES string of the molecule is NC1=NC(c2ccccc2OCc2ccccc2)n2c(nc3ccccc32)N1. The van der Waals surface area contributed by atoms with Crippen LogP contribution in [0.2, 0.25) is 0 Å². The number of aliphatic imine (C=N–C) groups is 1. The van der Waals surface area contributed by atoms with Crippen molar-refractivity contribution in [2.24, 2.45) is 10.7 Å². The zero-order valence-corrected chi connectivity index (χ0v) is 15.1. The molecular formula is C22H19N5O. The van der Waals surface area contributed by atoms with Gasteiger partial charge in [-0.05, 0) is 23.8 Å². The Morgan fingerprint density at radius 1 is 0.929 bits per heavy atom. The maximum absolute atomic E-state index is 6.15. The Hall–Kier alpha value is -3.80. The summed E-state index contributed by atoms with van der Waals surface area (Å²) in [4.78, 5) is 9.31. The summed E-state index contributed by atoms with van der Waals surface area (Å²) >= 11 is 0. The van der Waals surface area contributed by atoms with Crippen LogP contribution in [0.1, 0.15) is 17.3 Å². The average molecular weight is 369 g/mol. The molecule has 6 heteroatoms. The number of para-hydroxylation sites is 3. The number of ether oxygens (including phenoxy) is 1. The number of nitrogens with one attached hydrogen (secondary N) is 1. The first-order chi connectivity index (χ1) is 13.8. The maximum atomic E-state index is 6.15. The molecule has 5 rings (SSSR count). The van der Waals surface area contributed by atoms with Gasteiger partial charge in [0.25, 0.3) is 0 Å². The van der Waals surface area contributed by atoms with Gasteiger partial charge in [0.2, 0.25) is 5.95 Å². The summed E-state index contributed by atoms with van der Waals surface area (Å²) in [6.07, 6.45) is -0.351. The van der Waals surface area contributed by atoms with E-state index in [1.807, 2.05) is 78.9 Å². The van der Waals surface area contributed by atoms with E-state index in [1.54, 1.807) is 0 Å². The number of rotatable bonds is 4. The highest BCUT2D eigenvalue weighted by Crippen LogP contribution is 2.36. The van der Waals surface area contributed by atoms with E-state index in [1.165, 1.54) is 0 Å². The topological polar surface area (TPSA) is 77.5 Å². The van der Waals surface area contributed by atoms with Crippen LogP contribution in [0.3, 0.4) is 0 Å². The van der Waals surface area contributed by atoms with Crippen molar-refractivity contribution in [1.29, 1.82) is 0 Å². The molecule has 4 aromatic rings. The molecule has 0 saturated carbocycles. The quantitative estimate of drug-likeness (QED) is 0.572. The summed E-state index contributed by atoms with van der Waals surface area (Å²) in [5.74, 6) is 1.79. The Balaban J connectivity index is 1.57. The van der Waals surface area contributed by atoms with Gasteiger partial charge in [-0.1, -0.05) is 60.7 Å². The van der Waals surface area contributed by atoms with Crippen molar-refractivity contribution in [3.05, 3.63) is 90.0 Å². The van der Waals surface area contributed by atoms with Gasteiger partial charge in [0.1, 0.15) is 12.4 Å². The number of anilines is 1. The molecule has 0 saturated heterocycles. The van der Waals surface area contributed by atoms with Crippen LogP contribution in [0.4, 0.5) is 5.95 Å². The average Bonchev–Trinajstić information content (AvgIpc) is 3.11. The second-order valence-corrected chi connectivity index (χ2v) is 6.62. The van der Waals surface area contributed by atoms with Gasteiger partial charge >= 0.3 is 0 Å². The zero-order valence-electron chi connectivity index (χ0n) is 15.1. The predicted molar refractivity (Wildman–Crippen MR) is 110 cm³/mol. The minimum absolute atomic E-state index is 0.339. The van der Waals surface area contributed by atoms with Crippen LogP contribution in [0.15, 0.2) is 83.9 Å². The highest BCUT2D eigenvalue weighted by atomic mass is 16.5. The van der Waals surface area contributed by atoms with E-state index in [2.05, 4.69) is 19.9 Å². The molecule has 0 bridgehead atoms. The van der Waals surface area contributed by atoms with E-state index in [0.29, 0.717) is 18.5 Å². The third-order valence-electron chi connectivity index (χ3n) is 4.78. The monoisotopic (exact) mass is 369 g/mol. The summed E-state index contributed by atoms with van der Waals surface area (Å²) in [5, 5.41) is 3.07. The second-order valence-electron chi connectivity index (χ2n) is 6.62. The number of guanidine groups is 1. The minimum atomic E-state index is -0.351. The van der Waals surface area contributed by atoms with E-state index in [0.717, 1.165) is 27.9 Å². The molecule has 3 N–H and O–H groups in total. The molecule has 28 heavy (non-hydrogen) atoms. The lowest BCUT2D eigenvalue weighted by atomic mass is 10.1. The fraction of sp³-hybridized carbons (Fsp3) is 0.0909. The molecule has 1 atom stereocenters. The Morgan fingerprint density at radius 2 is 1.68 bits per heavy atom. The summed E-state index contributed by atoms with van der Waals surface area (Å²) in [7, 11) is 0. The molecule has 1 aliphatic heterocycles. The molecule has 1 aliphatic rings. The molecular weight excluding hydrogens is 350 g/mol. The number of nitrogens with two attached hydrogens (primary N) is 1. The van der Waals surface area contributed by atoms with Gasteiger partial charge in [0.15, 0.2) is 12.1 Å². The fourth-order valence-electron chi connectivity index (χ4n) is 3.49. The Morgan fingerprint density at radius 3 is 2.57 bits per heavy atom. The normalized spacial score (nSPS) is 15.6. The molecule has 0 aliphatic carbocycles. The van der Waals surface area contributed by atoms with Crippen LogP contribution in [0.5, 0.6) is 5.75 Å². The molecule has 138 valence electrons. The summed E-state index contributed by atoms with van der Waals surface area (Å²) in [5.41, 5.74) is 9.99. The van der Waals surface area contributed by atoms with Crippen molar-refractivity contribution < 1.29 is 4.74 Å². The first-order valence-electron chi connectivity index (χ1n) is 9.12. The number of hydrogen-bond acceptors (Lipinski definition) is 5. The number of nitrogens with zero attached hydrogens (tertiary/aromatic N) is 3. The maximum Gasteiger partial charge on any atom is 0.212 e. The zero-order chi connectivity index (χ0) is 18.9. The van der Waals surface area contributed by atoms with Gasteiger partial charge in [-0.3, -0.25) is 9.88 Å². The van der Waals surface area contributed by atoms with Crippen molar-refractivity contribution >= 4 is 22.9 Å². The van der Waals surface area contributed by atoms with Crippen molar-refractivity contribution in [1.82, 2.24) is 9.55 Å². The van der Waals surface area contributed by atoms with E-state index in [-0.39, 0.29) is 6.17 Å². The standard InChI is InChI=1S/C22H19N5O/c23-21-25-20(27-18-12-6-5-11-17(18)24-22(27)26-21)16-10-4-7-13-19(16)28-14-15-8-2-1-3-9-15/h1-13,20H,14H2,(H3,23,24,25,26). The molecule has 0 amide bonds. The van der Waals surface area contributed by atoms with Crippen molar-refractivity contribution in [3.63, 3.8) is 0 Å². The van der Waals surface area contributed by atoms with Crippen molar-refractivity contribution in [2.75, 3.05) is 5.32 Å². The molecule has 6 nitrogen and oxygen atoms in total. The van der Waals surface area contributed by atoms with E-state index in [4.69, 9.17) is 10.5 Å². The minimum Gasteiger partial charge on any atom is -0.488 e. The van der Waals surface area contributed by atoms with Gasteiger partial charge in [0.05, 0.1) is 11.0 Å². The number of hydrogen-bond donors (Lipinski definition) is 2. The van der Waals surface area contributed by atoms with Crippen LogP contribution < -0.4 is 15.8 Å². The third kappa shape index (κ3) is 2.85. The van der Waals surface area contributed by atoms with Gasteiger partial charge in [-0.15, -0.1) is 0 Å². The number of imidazole rings is 1. The molecule has 1 aromatic heterocycles.